The first-order chi connectivity index (χ1) is 14.3. The molecule has 0 bridgehead atoms. The molecule has 2 aliphatic carbocycles. The van der Waals surface area contributed by atoms with Crippen molar-refractivity contribution in [3.8, 4) is 5.88 Å². The van der Waals surface area contributed by atoms with Crippen molar-refractivity contribution in [1.29, 1.82) is 0 Å². The quantitative estimate of drug-likeness (QED) is 0.732. The summed E-state index contributed by atoms with van der Waals surface area (Å²) in [5, 5.41) is 0. The highest BCUT2D eigenvalue weighted by Gasteiger charge is 2.24. The first-order valence-electron chi connectivity index (χ1n) is 11.5. The maximum Gasteiger partial charge on any atom is 0.218 e. The van der Waals surface area contributed by atoms with Gasteiger partial charge in [-0.05, 0) is 44.6 Å². The highest BCUT2D eigenvalue weighted by Crippen LogP contribution is 2.32. The second kappa shape index (κ2) is 8.78. The Morgan fingerprint density at radius 2 is 1.83 bits per heavy atom. The number of aromatic nitrogens is 3. The van der Waals surface area contributed by atoms with Crippen LogP contribution in [0.25, 0.3) is 0 Å². The molecule has 154 valence electrons. The Labute approximate surface area is 173 Å². The van der Waals surface area contributed by atoms with Gasteiger partial charge in [0.1, 0.15) is 11.9 Å². The lowest BCUT2D eigenvalue weighted by Crippen LogP contribution is -2.31. The van der Waals surface area contributed by atoms with Crippen molar-refractivity contribution in [2.45, 2.75) is 89.3 Å². The van der Waals surface area contributed by atoms with Crippen LogP contribution in [-0.4, -0.2) is 32.5 Å². The number of hydrogen-bond donors (Lipinski definition) is 0. The van der Waals surface area contributed by atoms with Crippen LogP contribution in [-0.2, 0) is 19.5 Å². The predicted molar refractivity (Wildman–Crippen MR) is 113 cm³/mol. The Balaban J connectivity index is 1.25. The Hall–Kier alpha value is -2.01. The number of ether oxygens (including phenoxy) is 1. The van der Waals surface area contributed by atoms with E-state index in [1.165, 1.54) is 61.8 Å². The van der Waals surface area contributed by atoms with Gasteiger partial charge in [0.15, 0.2) is 0 Å². The average molecular weight is 393 g/mol. The van der Waals surface area contributed by atoms with Crippen molar-refractivity contribution in [3.05, 3.63) is 47.2 Å². The first-order valence-corrected chi connectivity index (χ1v) is 11.5. The Kier molecular flexibility index (Phi) is 5.75. The second-order valence-electron chi connectivity index (χ2n) is 8.99. The summed E-state index contributed by atoms with van der Waals surface area (Å²) < 4.78 is 6.24. The molecule has 1 aliphatic heterocycles. The number of fused-ring (bicyclic) bond motifs is 1. The molecule has 2 aromatic rings. The summed E-state index contributed by atoms with van der Waals surface area (Å²) in [5.74, 6) is 2.50. The molecule has 3 heterocycles. The van der Waals surface area contributed by atoms with Crippen molar-refractivity contribution >= 4 is 0 Å². The zero-order valence-electron chi connectivity index (χ0n) is 17.4. The summed E-state index contributed by atoms with van der Waals surface area (Å²) in [4.78, 5) is 16.8. The zero-order chi connectivity index (χ0) is 19.5. The largest absolute Gasteiger partial charge is 0.474 e. The lowest BCUT2D eigenvalue weighted by atomic mass is 9.88. The SMILES string of the molecule is c1cnc(OC2CCCC2)c(CN2CCc3nc(C4CCCCC4)ncc3C2)c1. The Morgan fingerprint density at radius 1 is 1.00 bits per heavy atom. The van der Waals surface area contributed by atoms with Gasteiger partial charge in [-0.25, -0.2) is 15.0 Å². The molecule has 0 saturated heterocycles. The molecule has 0 radical (unpaired) electrons. The summed E-state index contributed by atoms with van der Waals surface area (Å²) >= 11 is 0. The molecule has 3 aliphatic rings. The Bertz CT molecular complexity index is 827. The summed E-state index contributed by atoms with van der Waals surface area (Å²) in [5.41, 5.74) is 3.76. The molecule has 0 unspecified atom stereocenters. The summed E-state index contributed by atoms with van der Waals surface area (Å²) in [6.45, 7) is 2.82. The van der Waals surface area contributed by atoms with Crippen molar-refractivity contribution in [3.63, 3.8) is 0 Å². The molecule has 5 rings (SSSR count). The van der Waals surface area contributed by atoms with Crippen LogP contribution in [0.2, 0.25) is 0 Å². The number of nitrogens with zero attached hydrogens (tertiary/aromatic N) is 4. The van der Waals surface area contributed by atoms with Gasteiger partial charge in [0, 0.05) is 61.2 Å². The Morgan fingerprint density at radius 3 is 2.69 bits per heavy atom. The van der Waals surface area contributed by atoms with E-state index < -0.39 is 0 Å². The van der Waals surface area contributed by atoms with E-state index in [2.05, 4.69) is 22.1 Å². The fourth-order valence-electron chi connectivity index (χ4n) is 5.14. The van der Waals surface area contributed by atoms with Crippen LogP contribution in [0.5, 0.6) is 5.88 Å². The van der Waals surface area contributed by atoms with Gasteiger partial charge in [0.25, 0.3) is 0 Å². The average Bonchev–Trinajstić information content (AvgIpc) is 3.28. The third kappa shape index (κ3) is 4.45. The predicted octanol–water partition coefficient (Wildman–Crippen LogP) is 4.80. The molecule has 0 N–H and O–H groups in total. The minimum atomic E-state index is 0.345. The minimum absolute atomic E-state index is 0.345. The number of hydrogen-bond acceptors (Lipinski definition) is 5. The molecule has 2 fully saturated rings. The van der Waals surface area contributed by atoms with Crippen LogP contribution in [0, 0.1) is 0 Å². The van der Waals surface area contributed by atoms with Crippen molar-refractivity contribution in [2.24, 2.45) is 0 Å². The molecule has 5 heteroatoms. The van der Waals surface area contributed by atoms with Crippen LogP contribution in [0.1, 0.15) is 86.4 Å². The van der Waals surface area contributed by atoms with E-state index in [1.807, 2.05) is 12.3 Å². The summed E-state index contributed by atoms with van der Waals surface area (Å²) in [6, 6.07) is 4.18. The molecule has 0 spiro atoms. The normalized spacial score (nSPS) is 21.2. The molecule has 29 heavy (non-hydrogen) atoms. The molecule has 0 amide bonds. The molecule has 2 saturated carbocycles. The van der Waals surface area contributed by atoms with Crippen LogP contribution >= 0.6 is 0 Å². The fraction of sp³-hybridized carbons (Fsp3) is 0.625. The lowest BCUT2D eigenvalue weighted by Gasteiger charge is -2.29. The van der Waals surface area contributed by atoms with Crippen molar-refractivity contribution in [2.75, 3.05) is 6.54 Å². The third-order valence-corrected chi connectivity index (χ3v) is 6.83. The third-order valence-electron chi connectivity index (χ3n) is 6.83. The van der Waals surface area contributed by atoms with Gasteiger partial charge in [-0.3, -0.25) is 4.90 Å². The van der Waals surface area contributed by atoms with E-state index >= 15 is 0 Å². The maximum atomic E-state index is 6.24. The van der Waals surface area contributed by atoms with E-state index in [-0.39, 0.29) is 0 Å². The van der Waals surface area contributed by atoms with Gasteiger partial charge in [-0.1, -0.05) is 25.3 Å². The van der Waals surface area contributed by atoms with Gasteiger partial charge in [0.2, 0.25) is 5.88 Å². The standard InChI is InChI=1S/C24H32N4O/c1-2-7-18(8-3-1)23-26-15-20-17-28(14-12-22(20)27-23)16-19-9-6-13-25-24(19)29-21-10-4-5-11-21/h6,9,13,15,18,21H,1-5,7-8,10-12,14,16-17H2. The topological polar surface area (TPSA) is 51.1 Å². The first kappa shape index (κ1) is 19.0. The molecular weight excluding hydrogens is 360 g/mol. The maximum absolute atomic E-state index is 6.24. The minimum Gasteiger partial charge on any atom is -0.474 e. The lowest BCUT2D eigenvalue weighted by molar-refractivity contribution is 0.190. The van der Waals surface area contributed by atoms with Crippen molar-refractivity contribution < 1.29 is 4.74 Å². The second-order valence-corrected chi connectivity index (χ2v) is 8.99. The highest BCUT2D eigenvalue weighted by atomic mass is 16.5. The molecule has 0 aromatic carbocycles. The van der Waals surface area contributed by atoms with E-state index in [0.717, 1.165) is 50.6 Å². The monoisotopic (exact) mass is 392 g/mol. The molecular formula is C24H32N4O. The van der Waals surface area contributed by atoms with Crippen molar-refractivity contribution in [1.82, 2.24) is 19.9 Å². The van der Waals surface area contributed by atoms with Crippen LogP contribution in [0.3, 0.4) is 0 Å². The zero-order valence-corrected chi connectivity index (χ0v) is 17.4. The van der Waals surface area contributed by atoms with Gasteiger partial charge in [0.05, 0.1) is 0 Å². The highest BCUT2D eigenvalue weighted by molar-refractivity contribution is 5.27. The number of rotatable bonds is 5. The molecule has 2 aromatic heterocycles. The van der Waals surface area contributed by atoms with E-state index in [0.29, 0.717) is 12.0 Å². The van der Waals surface area contributed by atoms with Crippen LogP contribution in [0.4, 0.5) is 0 Å². The van der Waals surface area contributed by atoms with Gasteiger partial charge >= 0.3 is 0 Å². The number of pyridine rings is 1. The van der Waals surface area contributed by atoms with Gasteiger partial charge < -0.3 is 4.74 Å². The summed E-state index contributed by atoms with van der Waals surface area (Å²) in [7, 11) is 0. The summed E-state index contributed by atoms with van der Waals surface area (Å²) in [6.07, 6.45) is 16.7. The molecule has 0 atom stereocenters. The van der Waals surface area contributed by atoms with E-state index in [1.54, 1.807) is 0 Å². The van der Waals surface area contributed by atoms with E-state index in [4.69, 9.17) is 14.7 Å². The van der Waals surface area contributed by atoms with Gasteiger partial charge in [-0.15, -0.1) is 0 Å². The smallest absolute Gasteiger partial charge is 0.218 e. The van der Waals surface area contributed by atoms with E-state index in [9.17, 15) is 0 Å². The molecule has 5 nitrogen and oxygen atoms in total. The van der Waals surface area contributed by atoms with Gasteiger partial charge in [-0.2, -0.15) is 0 Å². The van der Waals surface area contributed by atoms with Crippen LogP contribution < -0.4 is 4.74 Å². The van der Waals surface area contributed by atoms with Crippen LogP contribution in [0.15, 0.2) is 24.5 Å². The fourth-order valence-corrected chi connectivity index (χ4v) is 5.14.